The number of rotatable bonds is 7. The molecule has 0 aromatic carbocycles. The summed E-state index contributed by atoms with van der Waals surface area (Å²) in [6.45, 7) is 0.439. The van der Waals surface area contributed by atoms with Crippen LogP contribution in [0.15, 0.2) is 0 Å². The van der Waals surface area contributed by atoms with Gasteiger partial charge in [0.05, 0.1) is 7.11 Å². The van der Waals surface area contributed by atoms with Gasteiger partial charge in [-0.15, -0.1) is 0 Å². The van der Waals surface area contributed by atoms with Crippen LogP contribution in [0.1, 0.15) is 20.3 Å². The van der Waals surface area contributed by atoms with E-state index in [2.05, 4.69) is 9.47 Å². The first-order valence-electron chi connectivity index (χ1n) is 6.54. The lowest BCUT2D eigenvalue weighted by atomic mass is 9.99. The van der Waals surface area contributed by atoms with E-state index in [-0.39, 0.29) is 6.42 Å². The van der Waals surface area contributed by atoms with E-state index in [0.29, 0.717) is 0 Å². The second kappa shape index (κ2) is 7.88. The Balaban J connectivity index is 5.09. The molecule has 2 atom stereocenters. The van der Waals surface area contributed by atoms with Crippen molar-refractivity contribution in [1.82, 2.24) is 5.32 Å². The van der Waals surface area contributed by atoms with Gasteiger partial charge in [0.25, 0.3) is 0 Å². The summed E-state index contributed by atoms with van der Waals surface area (Å²) in [4.78, 5) is 22.7. The molecule has 0 saturated carbocycles. The number of alkyl carbamates (subject to hydrolysis) is 1. The highest BCUT2D eigenvalue weighted by Gasteiger charge is 2.73. The van der Waals surface area contributed by atoms with Crippen molar-refractivity contribution in [1.29, 1.82) is 0 Å². The van der Waals surface area contributed by atoms with Gasteiger partial charge in [-0.3, -0.25) is 0 Å². The number of halogens is 7. The van der Waals surface area contributed by atoms with Crippen molar-refractivity contribution < 1.29 is 49.8 Å². The highest BCUT2D eigenvalue weighted by molar-refractivity contribution is 5.81. The molecule has 0 aliphatic heterocycles. The molecule has 0 spiro atoms. The van der Waals surface area contributed by atoms with Gasteiger partial charge < -0.3 is 14.8 Å². The van der Waals surface area contributed by atoms with Crippen LogP contribution >= 0.6 is 0 Å². The Morgan fingerprint density at radius 3 is 1.96 bits per heavy atom. The molecule has 12 heteroatoms. The van der Waals surface area contributed by atoms with Crippen LogP contribution in [-0.2, 0) is 14.3 Å². The van der Waals surface area contributed by atoms with E-state index in [1.54, 1.807) is 6.92 Å². The van der Waals surface area contributed by atoms with Crippen LogP contribution < -0.4 is 5.32 Å². The van der Waals surface area contributed by atoms with Crippen molar-refractivity contribution in [2.75, 3.05) is 13.7 Å². The summed E-state index contributed by atoms with van der Waals surface area (Å²) in [5, 5.41) is 1.93. The number of hydrogen-bond donors (Lipinski definition) is 1. The molecule has 0 bridgehead atoms. The minimum Gasteiger partial charge on any atom is -0.457 e. The first kappa shape index (κ1) is 22.2. The van der Waals surface area contributed by atoms with Crippen molar-refractivity contribution in [2.24, 2.45) is 5.92 Å². The molecular formula is C12H16F7NO4. The van der Waals surface area contributed by atoms with E-state index in [0.717, 1.165) is 7.11 Å². The largest absolute Gasteiger partial charge is 0.460 e. The Kier molecular flexibility index (Phi) is 7.31. The van der Waals surface area contributed by atoms with Crippen LogP contribution in [0.3, 0.4) is 0 Å². The number of alkyl halides is 7. The average molecular weight is 371 g/mol. The van der Waals surface area contributed by atoms with Crippen molar-refractivity contribution in [2.45, 2.75) is 44.3 Å². The normalized spacial score (nSPS) is 15.4. The van der Waals surface area contributed by atoms with E-state index in [9.17, 15) is 40.3 Å². The standard InChI is InChI=1S/C12H16F7NO4/c1-4-6(2)7(20-9(22)23-3)8(21)24-5-10(13,14)11(15,16)12(17,18)19/h6-7H,4-5H2,1-3H3,(H,20,22). The Morgan fingerprint density at radius 1 is 1.08 bits per heavy atom. The molecule has 0 aliphatic rings. The van der Waals surface area contributed by atoms with E-state index in [1.807, 2.05) is 5.32 Å². The molecule has 0 saturated heterocycles. The smallest absolute Gasteiger partial charge is 0.457 e. The van der Waals surface area contributed by atoms with Gasteiger partial charge in [-0.25, -0.2) is 9.59 Å². The molecule has 0 aromatic rings. The summed E-state index contributed by atoms with van der Waals surface area (Å²) in [6.07, 6.45) is -7.42. The third kappa shape index (κ3) is 5.13. The molecule has 5 nitrogen and oxygen atoms in total. The summed E-state index contributed by atoms with van der Waals surface area (Å²) in [6, 6.07) is -1.56. The fourth-order valence-electron chi connectivity index (χ4n) is 1.40. The van der Waals surface area contributed by atoms with Gasteiger partial charge in [0.2, 0.25) is 0 Å². The zero-order valence-corrected chi connectivity index (χ0v) is 12.8. The predicted octanol–water partition coefficient (Wildman–Crippen LogP) is 3.13. The lowest BCUT2D eigenvalue weighted by Gasteiger charge is -2.28. The summed E-state index contributed by atoms with van der Waals surface area (Å²) in [5.41, 5.74) is 0. The maximum absolute atomic E-state index is 13.1. The maximum Gasteiger partial charge on any atom is 0.460 e. The van der Waals surface area contributed by atoms with E-state index in [1.165, 1.54) is 6.92 Å². The molecule has 142 valence electrons. The van der Waals surface area contributed by atoms with Crippen molar-refractivity contribution in [3.8, 4) is 0 Å². The zero-order valence-electron chi connectivity index (χ0n) is 12.8. The van der Waals surface area contributed by atoms with Gasteiger partial charge in [0.15, 0.2) is 6.61 Å². The number of carbonyl (C=O) groups excluding carboxylic acids is 2. The predicted molar refractivity (Wildman–Crippen MR) is 65.7 cm³/mol. The molecular weight excluding hydrogens is 355 g/mol. The summed E-state index contributed by atoms with van der Waals surface area (Å²) < 4.78 is 95.5. The van der Waals surface area contributed by atoms with Crippen molar-refractivity contribution in [3.63, 3.8) is 0 Å². The molecule has 0 fully saturated rings. The fourth-order valence-corrected chi connectivity index (χ4v) is 1.40. The number of amides is 1. The van der Waals surface area contributed by atoms with Crippen molar-refractivity contribution >= 4 is 12.1 Å². The summed E-state index contributed by atoms with van der Waals surface area (Å²) >= 11 is 0. The molecule has 24 heavy (non-hydrogen) atoms. The third-order valence-electron chi connectivity index (χ3n) is 3.14. The lowest BCUT2D eigenvalue weighted by molar-refractivity contribution is -0.359. The molecule has 0 heterocycles. The Labute approximate surface area is 132 Å². The van der Waals surface area contributed by atoms with Crippen LogP contribution in [0.5, 0.6) is 0 Å². The molecule has 0 aliphatic carbocycles. The van der Waals surface area contributed by atoms with E-state index in [4.69, 9.17) is 0 Å². The highest BCUT2D eigenvalue weighted by Crippen LogP contribution is 2.46. The zero-order chi connectivity index (χ0) is 19.3. The summed E-state index contributed by atoms with van der Waals surface area (Å²) in [7, 11) is 0.937. The number of carbonyl (C=O) groups is 2. The first-order valence-corrected chi connectivity index (χ1v) is 6.54. The van der Waals surface area contributed by atoms with Gasteiger partial charge in [0.1, 0.15) is 6.04 Å². The molecule has 2 unspecified atom stereocenters. The second-order valence-electron chi connectivity index (χ2n) is 4.88. The van der Waals surface area contributed by atoms with Gasteiger partial charge in [0, 0.05) is 0 Å². The third-order valence-corrected chi connectivity index (χ3v) is 3.14. The lowest BCUT2D eigenvalue weighted by Crippen LogP contribution is -2.55. The number of hydrogen-bond acceptors (Lipinski definition) is 4. The van der Waals surface area contributed by atoms with Gasteiger partial charge in [-0.1, -0.05) is 20.3 Å². The van der Waals surface area contributed by atoms with Crippen LogP contribution in [0.25, 0.3) is 0 Å². The Bertz CT molecular complexity index is 453. The van der Waals surface area contributed by atoms with E-state index < -0.39 is 48.7 Å². The summed E-state index contributed by atoms with van der Waals surface area (Å²) in [5.74, 6) is -14.3. The topological polar surface area (TPSA) is 64.6 Å². The van der Waals surface area contributed by atoms with Crippen molar-refractivity contribution in [3.05, 3.63) is 0 Å². The van der Waals surface area contributed by atoms with E-state index >= 15 is 0 Å². The Hall–Kier alpha value is -1.75. The van der Waals surface area contributed by atoms with Gasteiger partial charge in [-0.2, -0.15) is 30.7 Å². The minimum atomic E-state index is -6.52. The Morgan fingerprint density at radius 2 is 1.58 bits per heavy atom. The minimum absolute atomic E-state index is 0.235. The maximum atomic E-state index is 13.1. The average Bonchev–Trinajstić information content (AvgIpc) is 2.47. The molecule has 1 amide bonds. The molecule has 0 aromatic heterocycles. The number of nitrogens with one attached hydrogen (secondary N) is 1. The SMILES string of the molecule is CCC(C)C(NC(=O)OC)C(=O)OCC(F)(F)C(F)(F)C(F)(F)F. The second-order valence-corrected chi connectivity index (χ2v) is 4.88. The highest BCUT2D eigenvalue weighted by atomic mass is 19.4. The first-order chi connectivity index (χ1) is 10.7. The molecule has 1 N–H and O–H groups in total. The quantitative estimate of drug-likeness (QED) is 0.552. The fraction of sp³-hybridized carbons (Fsp3) is 0.833. The van der Waals surface area contributed by atoms with Gasteiger partial charge in [-0.05, 0) is 5.92 Å². The van der Waals surface area contributed by atoms with Gasteiger partial charge >= 0.3 is 30.1 Å². The number of methoxy groups -OCH3 is 1. The monoisotopic (exact) mass is 371 g/mol. The van der Waals surface area contributed by atoms with Crippen LogP contribution in [0, 0.1) is 5.92 Å². The molecule has 0 rings (SSSR count). The number of esters is 1. The van der Waals surface area contributed by atoms with Crippen LogP contribution in [-0.4, -0.2) is 49.8 Å². The number of ether oxygens (including phenoxy) is 2. The van der Waals surface area contributed by atoms with Crippen LogP contribution in [0.2, 0.25) is 0 Å². The van der Waals surface area contributed by atoms with Crippen LogP contribution in [0.4, 0.5) is 35.5 Å². The molecule has 0 radical (unpaired) electrons.